The SMILES string of the molecule is COc1ccc(Br)c(Cn2ccccc2=O)c1. The van der Waals surface area contributed by atoms with Crippen LogP contribution in [-0.4, -0.2) is 11.7 Å². The van der Waals surface area contributed by atoms with E-state index in [1.807, 2.05) is 24.3 Å². The predicted molar refractivity (Wildman–Crippen MR) is 70.5 cm³/mol. The van der Waals surface area contributed by atoms with Gasteiger partial charge >= 0.3 is 0 Å². The second kappa shape index (κ2) is 5.19. The summed E-state index contributed by atoms with van der Waals surface area (Å²) in [6.45, 7) is 0.525. The molecule has 0 bridgehead atoms. The molecule has 17 heavy (non-hydrogen) atoms. The fourth-order valence-corrected chi connectivity index (χ4v) is 1.95. The summed E-state index contributed by atoms with van der Waals surface area (Å²) in [5.74, 6) is 0.784. The van der Waals surface area contributed by atoms with E-state index in [2.05, 4.69) is 15.9 Å². The van der Waals surface area contributed by atoms with E-state index in [1.165, 1.54) is 0 Å². The van der Waals surface area contributed by atoms with Crippen LogP contribution in [0.4, 0.5) is 0 Å². The summed E-state index contributed by atoms with van der Waals surface area (Å²) in [4.78, 5) is 11.6. The monoisotopic (exact) mass is 293 g/mol. The highest BCUT2D eigenvalue weighted by Crippen LogP contribution is 2.22. The summed E-state index contributed by atoms with van der Waals surface area (Å²) in [5.41, 5.74) is 1.000. The fourth-order valence-electron chi connectivity index (χ4n) is 1.57. The minimum absolute atomic E-state index is 0.0118. The molecule has 4 heteroatoms. The molecule has 0 aliphatic carbocycles. The van der Waals surface area contributed by atoms with Crippen LogP contribution >= 0.6 is 15.9 Å². The molecular weight excluding hydrogens is 282 g/mol. The first-order valence-electron chi connectivity index (χ1n) is 5.18. The van der Waals surface area contributed by atoms with Gasteiger partial charge in [-0.1, -0.05) is 22.0 Å². The van der Waals surface area contributed by atoms with E-state index < -0.39 is 0 Å². The Kier molecular flexibility index (Phi) is 3.64. The summed E-state index contributed by atoms with van der Waals surface area (Å²) in [7, 11) is 1.63. The maximum absolute atomic E-state index is 11.6. The lowest BCUT2D eigenvalue weighted by Crippen LogP contribution is -2.18. The van der Waals surface area contributed by atoms with Gasteiger partial charge in [0.1, 0.15) is 5.75 Å². The number of rotatable bonds is 3. The first-order valence-corrected chi connectivity index (χ1v) is 5.98. The second-order valence-corrected chi connectivity index (χ2v) is 4.48. The third-order valence-electron chi connectivity index (χ3n) is 2.49. The van der Waals surface area contributed by atoms with E-state index in [4.69, 9.17) is 4.74 Å². The lowest BCUT2D eigenvalue weighted by molar-refractivity contribution is 0.414. The first kappa shape index (κ1) is 11.9. The van der Waals surface area contributed by atoms with Crippen LogP contribution in [0, 0.1) is 0 Å². The highest BCUT2D eigenvalue weighted by atomic mass is 79.9. The van der Waals surface area contributed by atoms with Crippen LogP contribution in [0.25, 0.3) is 0 Å². The Morgan fingerprint density at radius 1 is 1.29 bits per heavy atom. The molecule has 0 amide bonds. The smallest absolute Gasteiger partial charge is 0.250 e. The maximum Gasteiger partial charge on any atom is 0.250 e. The Morgan fingerprint density at radius 2 is 2.12 bits per heavy atom. The van der Waals surface area contributed by atoms with Gasteiger partial charge in [0, 0.05) is 16.7 Å². The van der Waals surface area contributed by atoms with E-state index in [1.54, 1.807) is 30.0 Å². The highest BCUT2D eigenvalue weighted by Gasteiger charge is 2.03. The number of benzene rings is 1. The molecule has 0 radical (unpaired) electrons. The highest BCUT2D eigenvalue weighted by molar-refractivity contribution is 9.10. The maximum atomic E-state index is 11.6. The van der Waals surface area contributed by atoms with Gasteiger partial charge < -0.3 is 9.30 Å². The lowest BCUT2D eigenvalue weighted by atomic mass is 10.2. The zero-order valence-electron chi connectivity index (χ0n) is 9.39. The second-order valence-electron chi connectivity index (χ2n) is 3.62. The summed E-state index contributed by atoms with van der Waals surface area (Å²) in [6, 6.07) is 10.8. The van der Waals surface area contributed by atoms with Crippen LogP contribution in [0.15, 0.2) is 51.9 Å². The van der Waals surface area contributed by atoms with Gasteiger partial charge in [0.25, 0.3) is 5.56 Å². The van der Waals surface area contributed by atoms with Gasteiger partial charge in [-0.25, -0.2) is 0 Å². The van der Waals surface area contributed by atoms with E-state index in [9.17, 15) is 4.79 Å². The average Bonchev–Trinajstić information content (AvgIpc) is 2.35. The Labute approximate surface area is 108 Å². The number of aromatic nitrogens is 1. The van der Waals surface area contributed by atoms with Gasteiger partial charge in [-0.3, -0.25) is 4.79 Å². The predicted octanol–water partition coefficient (Wildman–Crippen LogP) is 2.67. The van der Waals surface area contributed by atoms with Gasteiger partial charge in [0.2, 0.25) is 0 Å². The Bertz CT molecular complexity index is 578. The van der Waals surface area contributed by atoms with Gasteiger partial charge in [0.05, 0.1) is 13.7 Å². The van der Waals surface area contributed by atoms with Crippen molar-refractivity contribution in [1.29, 1.82) is 0 Å². The summed E-state index contributed by atoms with van der Waals surface area (Å²) >= 11 is 3.47. The Morgan fingerprint density at radius 3 is 2.82 bits per heavy atom. The third kappa shape index (κ3) is 2.77. The van der Waals surface area contributed by atoms with Crippen molar-refractivity contribution >= 4 is 15.9 Å². The van der Waals surface area contributed by atoms with Crippen molar-refractivity contribution in [1.82, 2.24) is 4.57 Å². The van der Waals surface area contributed by atoms with Gasteiger partial charge in [-0.05, 0) is 29.8 Å². The van der Waals surface area contributed by atoms with E-state index in [-0.39, 0.29) is 5.56 Å². The molecule has 0 N–H and O–H groups in total. The molecule has 0 atom stereocenters. The quantitative estimate of drug-likeness (QED) is 0.871. The molecule has 2 aromatic rings. The number of hydrogen-bond acceptors (Lipinski definition) is 2. The van der Waals surface area contributed by atoms with Crippen molar-refractivity contribution in [2.45, 2.75) is 6.54 Å². The van der Waals surface area contributed by atoms with Crippen molar-refractivity contribution in [2.24, 2.45) is 0 Å². The molecular formula is C13H12BrNO2. The number of methoxy groups -OCH3 is 1. The van der Waals surface area contributed by atoms with Gasteiger partial charge in [-0.2, -0.15) is 0 Å². The standard InChI is InChI=1S/C13H12BrNO2/c1-17-11-5-6-12(14)10(8-11)9-15-7-3-2-4-13(15)16/h2-8H,9H2,1H3. The molecule has 0 fully saturated rings. The zero-order valence-corrected chi connectivity index (χ0v) is 11.0. The molecule has 2 rings (SSSR count). The Hall–Kier alpha value is -1.55. The molecule has 0 saturated carbocycles. The zero-order chi connectivity index (χ0) is 12.3. The molecule has 1 aromatic heterocycles. The van der Waals surface area contributed by atoms with Crippen molar-refractivity contribution < 1.29 is 4.74 Å². The largest absolute Gasteiger partial charge is 0.497 e. The van der Waals surface area contributed by atoms with Crippen LogP contribution in [-0.2, 0) is 6.54 Å². The van der Waals surface area contributed by atoms with E-state index >= 15 is 0 Å². The third-order valence-corrected chi connectivity index (χ3v) is 3.27. The number of halogens is 1. The summed E-state index contributed by atoms with van der Waals surface area (Å²) in [6.07, 6.45) is 1.77. The molecule has 88 valence electrons. The number of ether oxygens (including phenoxy) is 1. The molecule has 1 aromatic carbocycles. The molecule has 0 saturated heterocycles. The normalized spacial score (nSPS) is 10.2. The van der Waals surface area contributed by atoms with Crippen LogP contribution in [0.2, 0.25) is 0 Å². The average molecular weight is 294 g/mol. The number of pyridine rings is 1. The van der Waals surface area contributed by atoms with Crippen LogP contribution in [0.3, 0.4) is 0 Å². The topological polar surface area (TPSA) is 31.2 Å². The number of hydrogen-bond donors (Lipinski definition) is 0. The van der Waals surface area contributed by atoms with Crippen molar-refractivity contribution in [3.8, 4) is 5.75 Å². The molecule has 0 aliphatic rings. The first-order chi connectivity index (χ1) is 8.20. The Balaban J connectivity index is 2.36. The fraction of sp³-hybridized carbons (Fsp3) is 0.154. The van der Waals surface area contributed by atoms with Crippen LogP contribution in [0.5, 0.6) is 5.75 Å². The van der Waals surface area contributed by atoms with Gasteiger partial charge in [0.15, 0.2) is 0 Å². The molecule has 0 unspecified atom stereocenters. The van der Waals surface area contributed by atoms with Crippen molar-refractivity contribution in [3.05, 3.63) is 63.0 Å². The summed E-state index contributed by atoms with van der Waals surface area (Å²) < 4.78 is 7.79. The van der Waals surface area contributed by atoms with E-state index in [0.29, 0.717) is 6.54 Å². The van der Waals surface area contributed by atoms with Crippen LogP contribution < -0.4 is 10.3 Å². The lowest BCUT2D eigenvalue weighted by Gasteiger charge is -2.09. The minimum atomic E-state index is -0.0118. The molecule has 3 nitrogen and oxygen atoms in total. The van der Waals surface area contributed by atoms with E-state index in [0.717, 1.165) is 15.8 Å². The van der Waals surface area contributed by atoms with Crippen molar-refractivity contribution in [3.63, 3.8) is 0 Å². The van der Waals surface area contributed by atoms with Crippen LogP contribution in [0.1, 0.15) is 5.56 Å². The van der Waals surface area contributed by atoms with Gasteiger partial charge in [-0.15, -0.1) is 0 Å². The molecule has 1 heterocycles. The molecule has 0 spiro atoms. The van der Waals surface area contributed by atoms with Crippen molar-refractivity contribution in [2.75, 3.05) is 7.11 Å². The minimum Gasteiger partial charge on any atom is -0.497 e. The summed E-state index contributed by atoms with van der Waals surface area (Å²) in [5, 5.41) is 0. The molecule has 0 aliphatic heterocycles. The number of nitrogens with zero attached hydrogens (tertiary/aromatic N) is 1.